The molecule has 0 atom stereocenters. The number of unbranched alkanes of at least 4 members (excludes halogenated alkanes) is 45. The molecular formula is C60H116O7. The van der Waals surface area contributed by atoms with Gasteiger partial charge in [0.25, 0.3) is 0 Å². The second-order valence-corrected chi connectivity index (χ2v) is 20.9. The largest absolute Gasteiger partial charge is 0.466 e. The predicted molar refractivity (Wildman–Crippen MR) is 286 cm³/mol. The summed E-state index contributed by atoms with van der Waals surface area (Å²) < 4.78 is 16.4. The Kier molecular flexibility index (Phi) is 52.4. The molecule has 1 N–H and O–H groups in total. The average molecular weight is 950 g/mol. The van der Waals surface area contributed by atoms with Gasteiger partial charge >= 0.3 is 17.9 Å². The number of ether oxygens (including phenoxy) is 3. The van der Waals surface area contributed by atoms with Crippen molar-refractivity contribution < 1.29 is 33.7 Å². The molecule has 0 amide bonds. The van der Waals surface area contributed by atoms with E-state index < -0.39 is 36.4 Å². The number of carbonyl (C=O) groups is 3. The van der Waals surface area contributed by atoms with Gasteiger partial charge in [0.2, 0.25) is 0 Å². The van der Waals surface area contributed by atoms with Gasteiger partial charge in [0.05, 0.1) is 32.7 Å². The molecule has 0 fully saturated rings. The van der Waals surface area contributed by atoms with E-state index in [1.807, 2.05) is 0 Å². The molecule has 0 aliphatic rings. The van der Waals surface area contributed by atoms with Gasteiger partial charge in [-0.05, 0) is 19.3 Å². The summed E-state index contributed by atoms with van der Waals surface area (Å²) in [6.45, 7) is 7.45. The first kappa shape index (κ1) is 65.4. The van der Waals surface area contributed by atoms with Crippen LogP contribution in [0.2, 0.25) is 0 Å². The summed E-state index contributed by atoms with van der Waals surface area (Å²) >= 11 is 0. The zero-order chi connectivity index (χ0) is 48.8. The second kappa shape index (κ2) is 53.7. The van der Waals surface area contributed by atoms with Gasteiger partial charge < -0.3 is 19.3 Å². The fraction of sp³-hybridized carbons (Fsp3) is 0.950. The summed E-state index contributed by atoms with van der Waals surface area (Å²) in [6.07, 6.45) is 59.4. The average Bonchev–Trinajstić information content (AvgIpc) is 3.31. The first-order valence-electron chi connectivity index (χ1n) is 30.1. The third-order valence-electron chi connectivity index (χ3n) is 14.0. The molecule has 0 unspecified atom stereocenters. The van der Waals surface area contributed by atoms with Gasteiger partial charge in [0.15, 0.2) is 5.60 Å². The van der Waals surface area contributed by atoms with Crippen molar-refractivity contribution in [2.24, 2.45) is 0 Å². The molecule has 0 radical (unpaired) electrons. The minimum absolute atomic E-state index is 0.155. The Bertz CT molecular complexity index is 978. The maximum absolute atomic E-state index is 13.3. The van der Waals surface area contributed by atoms with E-state index in [2.05, 4.69) is 20.8 Å². The minimum atomic E-state index is -2.30. The number of aliphatic hydroxyl groups is 1. The quantitative estimate of drug-likeness (QED) is 0.0368. The second-order valence-electron chi connectivity index (χ2n) is 20.9. The van der Waals surface area contributed by atoms with E-state index in [1.165, 1.54) is 250 Å². The zero-order valence-corrected chi connectivity index (χ0v) is 45.4. The number of carbonyl (C=O) groups excluding carboxylic acids is 3. The molecule has 0 aromatic carbocycles. The van der Waals surface area contributed by atoms with Gasteiger partial charge in [-0.25, -0.2) is 4.79 Å². The normalized spacial score (nSPS) is 11.6. The van der Waals surface area contributed by atoms with Crippen molar-refractivity contribution in [3.63, 3.8) is 0 Å². The van der Waals surface area contributed by atoms with Crippen LogP contribution in [0.1, 0.15) is 342 Å². The molecule has 7 nitrogen and oxygen atoms in total. The van der Waals surface area contributed by atoms with Crippen LogP contribution >= 0.6 is 0 Å². The van der Waals surface area contributed by atoms with Crippen LogP contribution < -0.4 is 0 Å². The molecule has 67 heavy (non-hydrogen) atoms. The van der Waals surface area contributed by atoms with Crippen LogP contribution in [0, 0.1) is 0 Å². The van der Waals surface area contributed by atoms with Crippen molar-refractivity contribution in [1.29, 1.82) is 0 Å². The molecule has 0 aliphatic heterocycles. The van der Waals surface area contributed by atoms with Gasteiger partial charge in [-0.3, -0.25) is 9.59 Å². The van der Waals surface area contributed by atoms with Crippen molar-refractivity contribution in [2.45, 2.75) is 347 Å². The Morgan fingerprint density at radius 1 is 0.269 bits per heavy atom. The molecule has 0 rings (SSSR count). The first-order valence-corrected chi connectivity index (χ1v) is 30.1. The van der Waals surface area contributed by atoms with E-state index in [0.717, 1.165) is 51.4 Å². The molecule has 0 bridgehead atoms. The third-order valence-corrected chi connectivity index (χ3v) is 14.0. The molecule has 7 heteroatoms. The SMILES string of the molecule is CCCCCCCCCCCCCCCCCCOC(=O)CC(O)(CC(=O)OCCCCCCCCCCCCCCCCCC)C(=O)OCCCCCCCCCCCCCCCCCC. The Morgan fingerprint density at radius 2 is 0.433 bits per heavy atom. The summed E-state index contributed by atoms with van der Waals surface area (Å²) in [7, 11) is 0. The lowest BCUT2D eigenvalue weighted by atomic mass is 9.95. The summed E-state index contributed by atoms with van der Waals surface area (Å²) in [4.78, 5) is 39.1. The smallest absolute Gasteiger partial charge is 0.339 e. The van der Waals surface area contributed by atoms with E-state index in [0.29, 0.717) is 6.42 Å². The molecule has 0 saturated carbocycles. The van der Waals surface area contributed by atoms with Gasteiger partial charge in [-0.2, -0.15) is 0 Å². The molecule has 0 spiro atoms. The van der Waals surface area contributed by atoms with Gasteiger partial charge in [-0.1, -0.05) is 310 Å². The summed E-state index contributed by atoms with van der Waals surface area (Å²) in [5, 5.41) is 11.5. The van der Waals surface area contributed by atoms with Crippen LogP contribution in [-0.2, 0) is 28.6 Å². The van der Waals surface area contributed by atoms with Crippen LogP contribution in [0.4, 0.5) is 0 Å². The van der Waals surface area contributed by atoms with Crippen LogP contribution in [0.15, 0.2) is 0 Å². The molecule has 0 aromatic heterocycles. The fourth-order valence-electron chi connectivity index (χ4n) is 9.41. The molecule has 398 valence electrons. The van der Waals surface area contributed by atoms with Crippen molar-refractivity contribution in [3.8, 4) is 0 Å². The Balaban J connectivity index is 4.43. The number of hydrogen-bond donors (Lipinski definition) is 1. The topological polar surface area (TPSA) is 99.1 Å². The first-order chi connectivity index (χ1) is 32.9. The van der Waals surface area contributed by atoms with Crippen LogP contribution in [-0.4, -0.2) is 48.4 Å². The summed E-state index contributed by atoms with van der Waals surface area (Å²) in [6, 6.07) is 0. The lowest BCUT2D eigenvalue weighted by Gasteiger charge is -2.24. The summed E-state index contributed by atoms with van der Waals surface area (Å²) in [5.41, 5.74) is -2.30. The maximum Gasteiger partial charge on any atom is 0.339 e. The lowest BCUT2D eigenvalue weighted by Crippen LogP contribution is -2.45. The van der Waals surface area contributed by atoms with E-state index in [9.17, 15) is 19.5 Å². The van der Waals surface area contributed by atoms with E-state index in [-0.39, 0.29) is 19.8 Å². The van der Waals surface area contributed by atoms with Crippen LogP contribution in [0.5, 0.6) is 0 Å². The molecular weight excluding hydrogens is 833 g/mol. The highest BCUT2D eigenvalue weighted by molar-refractivity contribution is 5.90. The van der Waals surface area contributed by atoms with E-state index in [1.54, 1.807) is 0 Å². The highest BCUT2D eigenvalue weighted by Crippen LogP contribution is 2.22. The Hall–Kier alpha value is -1.63. The molecule has 0 aliphatic carbocycles. The highest BCUT2D eigenvalue weighted by Gasteiger charge is 2.43. The number of hydrogen-bond acceptors (Lipinski definition) is 7. The van der Waals surface area contributed by atoms with Crippen LogP contribution in [0.25, 0.3) is 0 Å². The zero-order valence-electron chi connectivity index (χ0n) is 45.4. The van der Waals surface area contributed by atoms with Gasteiger partial charge in [-0.15, -0.1) is 0 Å². The molecule has 0 aromatic rings. The number of rotatable bonds is 56. The number of esters is 3. The third kappa shape index (κ3) is 49.2. The van der Waals surface area contributed by atoms with Gasteiger partial charge in [0.1, 0.15) is 0 Å². The molecule has 0 heterocycles. The fourth-order valence-corrected chi connectivity index (χ4v) is 9.41. The van der Waals surface area contributed by atoms with Gasteiger partial charge in [0, 0.05) is 0 Å². The Morgan fingerprint density at radius 3 is 0.627 bits per heavy atom. The van der Waals surface area contributed by atoms with Crippen molar-refractivity contribution in [2.75, 3.05) is 19.8 Å². The maximum atomic E-state index is 13.3. The van der Waals surface area contributed by atoms with Crippen molar-refractivity contribution in [1.82, 2.24) is 0 Å². The standard InChI is InChI=1S/C60H116O7/c1-4-7-10-13-16-19-22-25-28-31-34-37-40-43-46-49-52-65-57(61)55-60(64,59(63)67-54-51-48-45-42-39-36-33-30-27-24-21-18-15-12-9-6-3)56-58(62)66-53-50-47-44-41-38-35-32-29-26-23-20-17-14-11-8-5-2/h64H,4-56H2,1-3H3. The Labute approximate surface area is 417 Å². The highest BCUT2D eigenvalue weighted by atomic mass is 16.6. The monoisotopic (exact) mass is 949 g/mol. The van der Waals surface area contributed by atoms with E-state index in [4.69, 9.17) is 14.2 Å². The predicted octanol–water partition coefficient (Wildman–Crippen LogP) is 18.9. The van der Waals surface area contributed by atoms with Crippen molar-refractivity contribution >= 4 is 17.9 Å². The lowest BCUT2D eigenvalue weighted by molar-refractivity contribution is -0.178. The van der Waals surface area contributed by atoms with Crippen molar-refractivity contribution in [3.05, 3.63) is 0 Å². The minimum Gasteiger partial charge on any atom is -0.466 e. The summed E-state index contributed by atoms with van der Waals surface area (Å²) in [5.74, 6) is -2.31. The van der Waals surface area contributed by atoms with Crippen LogP contribution in [0.3, 0.4) is 0 Å². The molecule has 0 saturated heterocycles. The van der Waals surface area contributed by atoms with E-state index >= 15 is 0 Å².